The van der Waals surface area contributed by atoms with Crippen LogP contribution in [0.1, 0.15) is 10.6 Å². The molecular formula is C21H19N5O4S. The first-order valence-corrected chi connectivity index (χ1v) is 10.2. The summed E-state index contributed by atoms with van der Waals surface area (Å²) in [6.07, 6.45) is 0. The summed E-state index contributed by atoms with van der Waals surface area (Å²) in [7, 11) is 1.57. The Morgan fingerprint density at radius 1 is 1.13 bits per heavy atom. The van der Waals surface area contributed by atoms with Gasteiger partial charge in [0.1, 0.15) is 17.4 Å². The van der Waals surface area contributed by atoms with Gasteiger partial charge in [-0.3, -0.25) is 10.1 Å². The van der Waals surface area contributed by atoms with Gasteiger partial charge in [-0.05, 0) is 19.1 Å². The molecule has 0 saturated heterocycles. The molecule has 2 aromatic heterocycles. The summed E-state index contributed by atoms with van der Waals surface area (Å²) in [5.74, 6) is 0.875. The highest BCUT2D eigenvalue weighted by atomic mass is 32.1. The number of aromatic nitrogens is 4. The number of para-hydroxylation sites is 1. The number of benzene rings is 2. The maximum absolute atomic E-state index is 12.2. The lowest BCUT2D eigenvalue weighted by molar-refractivity contribution is -0.118. The molecule has 2 heterocycles. The van der Waals surface area contributed by atoms with Gasteiger partial charge in [0.2, 0.25) is 11.0 Å². The van der Waals surface area contributed by atoms with Crippen molar-refractivity contribution in [2.45, 2.75) is 13.5 Å². The van der Waals surface area contributed by atoms with Crippen molar-refractivity contribution < 1.29 is 18.8 Å². The summed E-state index contributed by atoms with van der Waals surface area (Å²) in [6, 6.07) is 15.0. The van der Waals surface area contributed by atoms with E-state index in [-0.39, 0.29) is 12.5 Å². The lowest BCUT2D eigenvalue weighted by Crippen LogP contribution is -2.20. The van der Waals surface area contributed by atoms with Crippen LogP contribution in [0.25, 0.3) is 22.8 Å². The topological polar surface area (TPSA) is 112 Å². The summed E-state index contributed by atoms with van der Waals surface area (Å²) < 4.78 is 16.1. The van der Waals surface area contributed by atoms with Gasteiger partial charge < -0.3 is 14.0 Å². The Bertz CT molecular complexity index is 1170. The highest BCUT2D eigenvalue weighted by molar-refractivity contribution is 7.15. The third-order valence-electron chi connectivity index (χ3n) is 4.19. The van der Waals surface area contributed by atoms with Gasteiger partial charge in [0.15, 0.2) is 6.61 Å². The molecule has 0 bridgehead atoms. The maximum atomic E-state index is 12.2. The second kappa shape index (κ2) is 9.45. The number of rotatable bonds is 8. The zero-order valence-corrected chi connectivity index (χ0v) is 17.7. The predicted octanol–water partition coefficient (Wildman–Crippen LogP) is 3.73. The quantitative estimate of drug-likeness (QED) is 0.444. The van der Waals surface area contributed by atoms with Gasteiger partial charge in [-0.25, -0.2) is 0 Å². The minimum absolute atomic E-state index is 0.213. The lowest BCUT2D eigenvalue weighted by Gasteiger charge is -2.08. The first kappa shape index (κ1) is 20.6. The monoisotopic (exact) mass is 437 g/mol. The van der Waals surface area contributed by atoms with Gasteiger partial charge in [-0.15, -0.1) is 10.2 Å². The highest BCUT2D eigenvalue weighted by Crippen LogP contribution is 2.30. The van der Waals surface area contributed by atoms with E-state index in [1.807, 2.05) is 37.3 Å². The number of anilines is 1. The number of amides is 1. The van der Waals surface area contributed by atoms with Crippen molar-refractivity contribution in [3.63, 3.8) is 0 Å². The average Bonchev–Trinajstić information content (AvgIpc) is 3.43. The van der Waals surface area contributed by atoms with Crippen molar-refractivity contribution in [1.29, 1.82) is 0 Å². The average molecular weight is 437 g/mol. The second-order valence-corrected chi connectivity index (χ2v) is 7.62. The van der Waals surface area contributed by atoms with E-state index in [4.69, 9.17) is 14.0 Å². The summed E-state index contributed by atoms with van der Waals surface area (Å²) in [5, 5.41) is 15.6. The number of carbonyl (C=O) groups excluding carboxylic acids is 1. The lowest BCUT2D eigenvalue weighted by atomic mass is 10.1. The smallest absolute Gasteiger partial charge is 0.264 e. The zero-order valence-electron chi connectivity index (χ0n) is 16.9. The third-order valence-corrected chi connectivity index (χ3v) is 5.01. The summed E-state index contributed by atoms with van der Waals surface area (Å²) in [4.78, 5) is 16.7. The largest absolute Gasteiger partial charge is 0.483 e. The van der Waals surface area contributed by atoms with E-state index in [1.165, 1.54) is 11.3 Å². The Morgan fingerprint density at radius 2 is 1.94 bits per heavy atom. The standard InChI is InChI=1S/C21H19N5O4S/c1-13-7-9-14(10-8-13)19-23-20(30-26-19)15-5-3-4-6-16(15)29-11-17(27)22-21-25-24-18(31-21)12-28-2/h3-10H,11-12H2,1-2H3,(H,22,25,27). The van der Waals surface area contributed by atoms with E-state index in [9.17, 15) is 4.79 Å². The zero-order chi connectivity index (χ0) is 21.6. The minimum atomic E-state index is -0.360. The van der Waals surface area contributed by atoms with Crippen LogP contribution >= 0.6 is 11.3 Å². The molecule has 0 aliphatic carbocycles. The first-order chi connectivity index (χ1) is 15.1. The van der Waals surface area contributed by atoms with Crippen LogP contribution in [-0.4, -0.2) is 40.0 Å². The number of hydrogen-bond acceptors (Lipinski definition) is 9. The Morgan fingerprint density at radius 3 is 2.74 bits per heavy atom. The molecule has 0 radical (unpaired) electrons. The first-order valence-electron chi connectivity index (χ1n) is 9.36. The van der Waals surface area contributed by atoms with Crippen LogP contribution in [0.4, 0.5) is 5.13 Å². The number of nitrogens with zero attached hydrogens (tertiary/aromatic N) is 4. The molecule has 0 unspecified atom stereocenters. The van der Waals surface area contributed by atoms with E-state index < -0.39 is 0 Å². The van der Waals surface area contributed by atoms with Crippen LogP contribution in [0.2, 0.25) is 0 Å². The number of nitrogens with one attached hydrogen (secondary N) is 1. The number of aryl methyl sites for hydroxylation is 1. The molecule has 0 fully saturated rings. The molecule has 4 aromatic rings. The molecular weight excluding hydrogens is 418 g/mol. The van der Waals surface area contributed by atoms with E-state index in [2.05, 4.69) is 25.7 Å². The molecule has 0 atom stereocenters. The molecule has 0 saturated carbocycles. The molecule has 1 amide bonds. The summed E-state index contributed by atoms with van der Waals surface area (Å²) >= 11 is 1.24. The van der Waals surface area contributed by atoms with Gasteiger partial charge in [0.25, 0.3) is 11.8 Å². The molecule has 9 nitrogen and oxygen atoms in total. The molecule has 0 spiro atoms. The van der Waals surface area contributed by atoms with Crippen molar-refractivity contribution in [3.05, 3.63) is 59.1 Å². The van der Waals surface area contributed by atoms with Crippen LogP contribution in [0.3, 0.4) is 0 Å². The van der Waals surface area contributed by atoms with Crippen molar-refractivity contribution in [2.24, 2.45) is 0 Å². The fraction of sp³-hybridized carbons (Fsp3) is 0.190. The number of ether oxygens (including phenoxy) is 2. The van der Waals surface area contributed by atoms with Crippen molar-refractivity contribution >= 4 is 22.4 Å². The van der Waals surface area contributed by atoms with Crippen LogP contribution in [-0.2, 0) is 16.1 Å². The highest BCUT2D eigenvalue weighted by Gasteiger charge is 2.16. The maximum Gasteiger partial charge on any atom is 0.264 e. The van der Waals surface area contributed by atoms with E-state index in [1.54, 1.807) is 25.3 Å². The summed E-state index contributed by atoms with van der Waals surface area (Å²) in [6.45, 7) is 2.14. The number of carbonyl (C=O) groups is 1. The summed E-state index contributed by atoms with van der Waals surface area (Å²) in [5.41, 5.74) is 2.59. The molecule has 1 N–H and O–H groups in total. The van der Waals surface area contributed by atoms with E-state index in [0.29, 0.717) is 39.8 Å². The molecule has 158 valence electrons. The normalized spacial score (nSPS) is 10.8. The fourth-order valence-corrected chi connectivity index (χ4v) is 3.43. The van der Waals surface area contributed by atoms with E-state index in [0.717, 1.165) is 11.1 Å². The minimum Gasteiger partial charge on any atom is -0.483 e. The van der Waals surface area contributed by atoms with Gasteiger partial charge >= 0.3 is 0 Å². The number of methoxy groups -OCH3 is 1. The SMILES string of the molecule is COCc1nnc(NC(=O)COc2ccccc2-c2nc(-c3ccc(C)cc3)no2)s1. The number of hydrogen-bond donors (Lipinski definition) is 1. The Balaban J connectivity index is 1.44. The van der Waals surface area contributed by atoms with Crippen LogP contribution in [0.5, 0.6) is 5.75 Å². The second-order valence-electron chi connectivity index (χ2n) is 6.56. The molecule has 0 aliphatic rings. The van der Waals surface area contributed by atoms with Gasteiger partial charge in [0, 0.05) is 12.7 Å². The molecule has 2 aromatic carbocycles. The third kappa shape index (κ3) is 5.11. The van der Waals surface area contributed by atoms with Gasteiger partial charge in [-0.2, -0.15) is 4.98 Å². The molecule has 31 heavy (non-hydrogen) atoms. The van der Waals surface area contributed by atoms with Crippen molar-refractivity contribution in [1.82, 2.24) is 20.3 Å². The van der Waals surface area contributed by atoms with Gasteiger partial charge in [0.05, 0.1) is 5.56 Å². The predicted molar refractivity (Wildman–Crippen MR) is 115 cm³/mol. The van der Waals surface area contributed by atoms with Crippen molar-refractivity contribution in [2.75, 3.05) is 19.0 Å². The van der Waals surface area contributed by atoms with Gasteiger partial charge in [-0.1, -0.05) is 58.5 Å². The fourth-order valence-electron chi connectivity index (χ4n) is 2.71. The van der Waals surface area contributed by atoms with Crippen LogP contribution < -0.4 is 10.1 Å². The Kier molecular flexibility index (Phi) is 6.29. The Hall–Kier alpha value is -3.63. The van der Waals surface area contributed by atoms with E-state index >= 15 is 0 Å². The van der Waals surface area contributed by atoms with Crippen molar-refractivity contribution in [3.8, 4) is 28.6 Å². The van der Waals surface area contributed by atoms with Crippen LogP contribution in [0, 0.1) is 6.92 Å². The molecule has 4 rings (SSSR count). The molecule has 10 heteroatoms. The Labute approximate surface area is 182 Å². The van der Waals surface area contributed by atoms with Crippen LogP contribution in [0.15, 0.2) is 53.1 Å². The molecule has 0 aliphatic heterocycles.